The van der Waals surface area contributed by atoms with Gasteiger partial charge in [0.15, 0.2) is 0 Å². The van der Waals surface area contributed by atoms with E-state index in [0.29, 0.717) is 0 Å². The van der Waals surface area contributed by atoms with Crippen molar-refractivity contribution >= 4 is 14.3 Å². The molecule has 0 aromatic carbocycles. The third-order valence-corrected chi connectivity index (χ3v) is 13.8. The maximum absolute atomic E-state index is 14.1. The Morgan fingerprint density at radius 3 is 0.763 bits per heavy atom. The zero-order chi connectivity index (χ0) is 28.9. The van der Waals surface area contributed by atoms with Crippen LogP contribution in [0.25, 0.3) is 0 Å². The second-order valence-electron chi connectivity index (χ2n) is 14.1. The van der Waals surface area contributed by atoms with Crippen molar-refractivity contribution in [3.05, 3.63) is 11.6 Å². The maximum atomic E-state index is 14.1. The van der Waals surface area contributed by atoms with Crippen LogP contribution in [-0.4, -0.2) is 24.6 Å². The van der Waals surface area contributed by atoms with Crippen LogP contribution < -0.4 is 0 Å². The normalized spacial score (nSPS) is 13.3. The minimum absolute atomic E-state index is 0.745. The molecule has 0 saturated heterocycles. The molecule has 0 N–H and O–H groups in total. The van der Waals surface area contributed by atoms with Gasteiger partial charge < -0.3 is 9.13 Å². The number of rotatable bonds is 26. The minimum atomic E-state index is -2.41. The van der Waals surface area contributed by atoms with Crippen molar-refractivity contribution in [3.63, 3.8) is 0 Å². The van der Waals surface area contributed by atoms with Gasteiger partial charge in [-0.15, -0.1) is 0 Å². The highest BCUT2D eigenvalue weighted by atomic mass is 31.2. The van der Waals surface area contributed by atoms with Gasteiger partial charge in [-0.25, -0.2) is 0 Å². The molecule has 0 aromatic rings. The van der Waals surface area contributed by atoms with E-state index in [4.69, 9.17) is 0 Å². The number of hydrogen-bond acceptors (Lipinski definition) is 2. The van der Waals surface area contributed by atoms with Crippen LogP contribution in [0, 0.1) is 23.7 Å². The average Bonchev–Trinajstić information content (AvgIpc) is 2.81. The third kappa shape index (κ3) is 24.0. The lowest BCUT2D eigenvalue weighted by Gasteiger charge is -2.19. The molecule has 0 spiro atoms. The van der Waals surface area contributed by atoms with Gasteiger partial charge in [0, 0.05) is 24.6 Å². The molecule has 2 nitrogen and oxygen atoms in total. The van der Waals surface area contributed by atoms with Gasteiger partial charge in [-0.3, -0.25) is 0 Å². The highest BCUT2D eigenvalue weighted by Crippen LogP contribution is 2.56. The molecule has 0 aliphatic heterocycles. The van der Waals surface area contributed by atoms with Gasteiger partial charge in [-0.1, -0.05) is 132 Å². The molecule has 0 heterocycles. The largest absolute Gasteiger partial charge is 0.319 e. The summed E-state index contributed by atoms with van der Waals surface area (Å²) in [7, 11) is -4.82. The minimum Gasteiger partial charge on any atom is -0.319 e. The summed E-state index contributed by atoms with van der Waals surface area (Å²) in [6, 6.07) is 0. The molecular formula is C34H70O2P2. The maximum Gasteiger partial charge on any atom is 0.108 e. The van der Waals surface area contributed by atoms with Crippen LogP contribution in [0.5, 0.6) is 0 Å². The molecule has 0 aliphatic rings. The second kappa shape index (κ2) is 22.8. The number of hydrogen-bond donors (Lipinski definition) is 0. The van der Waals surface area contributed by atoms with E-state index < -0.39 is 14.3 Å². The molecule has 38 heavy (non-hydrogen) atoms. The topological polar surface area (TPSA) is 34.1 Å². The van der Waals surface area contributed by atoms with Gasteiger partial charge >= 0.3 is 0 Å². The summed E-state index contributed by atoms with van der Waals surface area (Å²) >= 11 is 0. The van der Waals surface area contributed by atoms with Crippen LogP contribution in [0.4, 0.5) is 0 Å². The van der Waals surface area contributed by atoms with Crippen molar-refractivity contribution in [2.45, 2.75) is 158 Å². The van der Waals surface area contributed by atoms with Crippen LogP contribution in [-0.2, 0) is 9.13 Å². The summed E-state index contributed by atoms with van der Waals surface area (Å²) in [4.78, 5) is 0. The van der Waals surface area contributed by atoms with Crippen LogP contribution in [0.3, 0.4) is 0 Å². The van der Waals surface area contributed by atoms with Crippen LogP contribution >= 0.6 is 14.3 Å². The summed E-state index contributed by atoms with van der Waals surface area (Å²) in [6.45, 7) is 18.3. The molecule has 0 unspecified atom stereocenters. The Hall–Kier alpha value is 0.200. The predicted octanol–water partition coefficient (Wildman–Crippen LogP) is 13.0. The van der Waals surface area contributed by atoms with E-state index in [2.05, 4.69) is 55.4 Å². The molecule has 0 radical (unpaired) electrons. The summed E-state index contributed by atoms with van der Waals surface area (Å²) in [6.07, 6.45) is 22.1. The first-order chi connectivity index (χ1) is 17.9. The lowest BCUT2D eigenvalue weighted by Crippen LogP contribution is -1.98. The molecule has 0 bridgehead atoms. The Kier molecular flexibility index (Phi) is 23.0. The summed E-state index contributed by atoms with van der Waals surface area (Å²) in [5.41, 5.74) is 0. The quantitative estimate of drug-likeness (QED) is 0.0763. The van der Waals surface area contributed by atoms with Crippen LogP contribution in [0.2, 0.25) is 0 Å². The highest BCUT2D eigenvalue weighted by molar-refractivity contribution is 7.70. The molecule has 228 valence electrons. The fourth-order valence-corrected chi connectivity index (χ4v) is 11.2. The first-order valence-electron chi connectivity index (χ1n) is 16.7. The van der Waals surface area contributed by atoms with E-state index in [9.17, 15) is 9.13 Å². The Morgan fingerprint density at radius 2 is 0.579 bits per heavy atom. The van der Waals surface area contributed by atoms with Gasteiger partial charge in [0.05, 0.1) is 0 Å². The summed E-state index contributed by atoms with van der Waals surface area (Å²) in [5.74, 6) is 7.04. The fourth-order valence-electron chi connectivity index (χ4n) is 5.20. The van der Waals surface area contributed by atoms with E-state index in [-0.39, 0.29) is 0 Å². The molecule has 0 aliphatic carbocycles. The first-order valence-corrected chi connectivity index (χ1v) is 21.0. The van der Waals surface area contributed by atoms with E-state index in [1.165, 1.54) is 77.0 Å². The molecule has 0 atom stereocenters. The highest BCUT2D eigenvalue weighted by Gasteiger charge is 2.23. The van der Waals surface area contributed by atoms with Gasteiger partial charge in [-0.2, -0.15) is 0 Å². The van der Waals surface area contributed by atoms with E-state index >= 15 is 0 Å². The fraction of sp³-hybridized carbons (Fsp3) is 0.941. The van der Waals surface area contributed by atoms with Gasteiger partial charge in [0.1, 0.15) is 14.3 Å². The Balaban J connectivity index is 5.25. The van der Waals surface area contributed by atoms with Gasteiger partial charge in [0.2, 0.25) is 0 Å². The number of unbranched alkanes of at least 4 members (excludes halogenated alkanes) is 8. The Morgan fingerprint density at radius 1 is 0.368 bits per heavy atom. The lowest BCUT2D eigenvalue weighted by atomic mass is 10.1. The summed E-state index contributed by atoms with van der Waals surface area (Å²) < 4.78 is 28.3. The van der Waals surface area contributed by atoms with E-state index in [0.717, 1.165) is 74.0 Å². The van der Waals surface area contributed by atoms with Crippen LogP contribution in [0.15, 0.2) is 11.6 Å². The van der Waals surface area contributed by atoms with Crippen molar-refractivity contribution in [3.8, 4) is 0 Å². The molecular weight excluding hydrogens is 502 g/mol. The Bertz CT molecular complexity index is 563. The predicted molar refractivity (Wildman–Crippen MR) is 177 cm³/mol. The molecule has 0 amide bonds. The SMILES string of the molecule is CC(C)CCCCCP(=O)(C=CP(=O)(CCCCCC(C)C)CCCCCC(C)C)CCCCCC(C)C. The monoisotopic (exact) mass is 572 g/mol. The van der Waals surface area contributed by atoms with Crippen molar-refractivity contribution in [2.75, 3.05) is 24.6 Å². The first kappa shape index (κ1) is 38.2. The van der Waals surface area contributed by atoms with Crippen molar-refractivity contribution < 1.29 is 9.13 Å². The van der Waals surface area contributed by atoms with E-state index in [1.54, 1.807) is 0 Å². The third-order valence-electron chi connectivity index (χ3n) is 7.88. The van der Waals surface area contributed by atoms with Gasteiger partial charge in [0.25, 0.3) is 0 Å². The van der Waals surface area contributed by atoms with Crippen molar-refractivity contribution in [1.82, 2.24) is 0 Å². The summed E-state index contributed by atoms with van der Waals surface area (Å²) in [5, 5.41) is 0. The lowest BCUT2D eigenvalue weighted by molar-refractivity contribution is 0.526. The average molecular weight is 573 g/mol. The standard InChI is InChI=1S/C34H70O2P2/c1-31(2)21-13-9-17-25-37(35,26-18-10-14-22-32(3)4)29-30-38(36,27-19-11-15-23-33(5)6)28-20-12-16-24-34(7)8/h29-34H,9-28H2,1-8H3. The van der Waals surface area contributed by atoms with Gasteiger partial charge in [-0.05, 0) is 61.0 Å². The molecule has 4 heteroatoms. The second-order valence-corrected chi connectivity index (χ2v) is 20.3. The molecule has 0 fully saturated rings. The van der Waals surface area contributed by atoms with Crippen molar-refractivity contribution in [1.29, 1.82) is 0 Å². The van der Waals surface area contributed by atoms with Crippen LogP contribution in [0.1, 0.15) is 158 Å². The Labute approximate surface area is 241 Å². The smallest absolute Gasteiger partial charge is 0.108 e. The zero-order valence-corrected chi connectivity index (χ0v) is 29.1. The molecule has 0 rings (SSSR count). The van der Waals surface area contributed by atoms with Crippen molar-refractivity contribution in [2.24, 2.45) is 23.7 Å². The molecule has 0 aromatic heterocycles. The van der Waals surface area contributed by atoms with E-state index in [1.807, 2.05) is 11.6 Å². The molecule has 0 saturated carbocycles. The zero-order valence-electron chi connectivity index (χ0n) is 27.3.